The summed E-state index contributed by atoms with van der Waals surface area (Å²) < 4.78 is 15.6. The number of hydrogen-bond acceptors (Lipinski definition) is 5. The summed E-state index contributed by atoms with van der Waals surface area (Å²) >= 11 is 0. The molecular weight excluding hydrogens is 248 g/mol. The van der Waals surface area contributed by atoms with Crippen molar-refractivity contribution in [3.63, 3.8) is 0 Å². The van der Waals surface area contributed by atoms with E-state index in [1.54, 1.807) is 0 Å². The van der Waals surface area contributed by atoms with Crippen LogP contribution in [0.1, 0.15) is 27.7 Å². The van der Waals surface area contributed by atoms with E-state index in [2.05, 4.69) is 0 Å². The summed E-state index contributed by atoms with van der Waals surface area (Å²) in [7, 11) is 2.58. The van der Waals surface area contributed by atoms with E-state index in [1.165, 1.54) is 14.2 Å². The zero-order valence-electron chi connectivity index (χ0n) is 12.6. The Bertz CT molecular complexity index is 314. The third-order valence-corrected chi connectivity index (χ3v) is 3.95. The van der Waals surface area contributed by atoms with Crippen LogP contribution in [0.25, 0.3) is 0 Å². The number of hydrogen-bond donors (Lipinski definition) is 0. The number of carbonyl (C=O) groups is 2. The monoisotopic (exact) mass is 272 g/mol. The van der Waals surface area contributed by atoms with Gasteiger partial charge in [-0.2, -0.15) is 0 Å². The Morgan fingerprint density at radius 1 is 1.05 bits per heavy atom. The molecule has 0 aromatic carbocycles. The van der Waals surface area contributed by atoms with Gasteiger partial charge in [0.1, 0.15) is 0 Å². The highest BCUT2D eigenvalue weighted by atomic mass is 16.6. The predicted octanol–water partition coefficient (Wildman–Crippen LogP) is 1.65. The third kappa shape index (κ3) is 2.36. The summed E-state index contributed by atoms with van der Waals surface area (Å²) in [6.45, 7) is 8.15. The summed E-state index contributed by atoms with van der Waals surface area (Å²) in [5.41, 5.74) is -1.36. The first-order chi connectivity index (χ1) is 8.83. The van der Waals surface area contributed by atoms with Gasteiger partial charge in [-0.25, -0.2) is 0 Å². The van der Waals surface area contributed by atoms with Crippen LogP contribution in [0, 0.1) is 23.2 Å². The summed E-state index contributed by atoms with van der Waals surface area (Å²) in [4.78, 5) is 24.7. The molecule has 0 aromatic heterocycles. The molecule has 0 saturated carbocycles. The maximum atomic E-state index is 12.4. The quantitative estimate of drug-likeness (QED) is 0.575. The van der Waals surface area contributed by atoms with E-state index in [9.17, 15) is 9.59 Å². The van der Waals surface area contributed by atoms with Crippen LogP contribution in [0.4, 0.5) is 0 Å². The predicted molar refractivity (Wildman–Crippen MR) is 69.4 cm³/mol. The molecule has 0 N–H and O–H groups in total. The Labute approximate surface area is 114 Å². The molecule has 0 bridgehead atoms. The Morgan fingerprint density at radius 3 is 1.84 bits per heavy atom. The molecular formula is C14H24O5. The Kier molecular flexibility index (Phi) is 4.96. The molecule has 1 aliphatic rings. The Hall–Kier alpha value is -1.10. The van der Waals surface area contributed by atoms with Gasteiger partial charge in [0.05, 0.1) is 26.9 Å². The lowest BCUT2D eigenvalue weighted by molar-refractivity contribution is -0.179. The highest BCUT2D eigenvalue weighted by Gasteiger charge is 2.65. The topological polar surface area (TPSA) is 61.8 Å². The average Bonchev–Trinajstić information content (AvgIpc) is 2.77. The first kappa shape index (κ1) is 16.0. The largest absolute Gasteiger partial charge is 0.468 e. The maximum absolute atomic E-state index is 12.4. The lowest BCUT2D eigenvalue weighted by Crippen LogP contribution is -2.54. The van der Waals surface area contributed by atoms with Crippen molar-refractivity contribution in [3.05, 3.63) is 0 Å². The van der Waals surface area contributed by atoms with Crippen molar-refractivity contribution in [1.29, 1.82) is 0 Å². The van der Waals surface area contributed by atoms with E-state index in [0.717, 1.165) is 0 Å². The number of carbonyl (C=O) groups excluding carboxylic acids is 2. The van der Waals surface area contributed by atoms with Gasteiger partial charge in [0.2, 0.25) is 0 Å². The zero-order valence-corrected chi connectivity index (χ0v) is 12.6. The molecule has 1 fully saturated rings. The highest BCUT2D eigenvalue weighted by Crippen LogP contribution is 2.48. The van der Waals surface area contributed by atoms with Crippen molar-refractivity contribution in [2.75, 3.05) is 20.8 Å². The zero-order chi connectivity index (χ0) is 14.8. The molecule has 1 rings (SSSR count). The van der Waals surface area contributed by atoms with E-state index in [1.807, 2.05) is 27.7 Å². The van der Waals surface area contributed by atoms with Gasteiger partial charge in [-0.1, -0.05) is 27.7 Å². The van der Waals surface area contributed by atoms with Crippen molar-refractivity contribution in [2.45, 2.75) is 33.8 Å². The standard InChI is InChI=1S/C14H24O5/c1-8(2)10-7-19-11(9(3)4)14(10,12(15)17-5)13(16)18-6/h8-11H,7H2,1-6H3/t10-,11+/m1/s1. The normalized spacial score (nSPS) is 25.7. The van der Waals surface area contributed by atoms with Gasteiger partial charge in [0, 0.05) is 5.92 Å². The molecule has 0 amide bonds. The molecule has 0 spiro atoms. The molecule has 1 heterocycles. The number of rotatable bonds is 4. The van der Waals surface area contributed by atoms with Crippen LogP contribution in [-0.4, -0.2) is 38.9 Å². The fourth-order valence-corrected chi connectivity index (χ4v) is 3.07. The lowest BCUT2D eigenvalue weighted by Gasteiger charge is -2.36. The minimum Gasteiger partial charge on any atom is -0.468 e. The first-order valence-electron chi connectivity index (χ1n) is 6.62. The summed E-state index contributed by atoms with van der Waals surface area (Å²) in [5.74, 6) is -1.23. The van der Waals surface area contributed by atoms with Gasteiger partial charge < -0.3 is 14.2 Å². The molecule has 2 atom stereocenters. The van der Waals surface area contributed by atoms with Gasteiger partial charge in [0.25, 0.3) is 0 Å². The van der Waals surface area contributed by atoms with Crippen molar-refractivity contribution >= 4 is 11.9 Å². The lowest BCUT2D eigenvalue weighted by atomic mass is 9.66. The van der Waals surface area contributed by atoms with Crippen molar-refractivity contribution in [3.8, 4) is 0 Å². The third-order valence-electron chi connectivity index (χ3n) is 3.95. The van der Waals surface area contributed by atoms with Gasteiger partial charge in [-0.3, -0.25) is 9.59 Å². The molecule has 0 radical (unpaired) electrons. The fourth-order valence-electron chi connectivity index (χ4n) is 3.07. The minimum atomic E-state index is -1.36. The second-order valence-corrected chi connectivity index (χ2v) is 5.70. The van der Waals surface area contributed by atoms with Crippen molar-refractivity contribution in [1.82, 2.24) is 0 Å². The molecule has 0 unspecified atom stereocenters. The van der Waals surface area contributed by atoms with E-state index in [-0.39, 0.29) is 17.8 Å². The maximum Gasteiger partial charge on any atom is 0.326 e. The van der Waals surface area contributed by atoms with Gasteiger partial charge in [-0.15, -0.1) is 0 Å². The Morgan fingerprint density at radius 2 is 1.53 bits per heavy atom. The van der Waals surface area contributed by atoms with Crippen LogP contribution in [0.3, 0.4) is 0 Å². The molecule has 1 saturated heterocycles. The molecule has 5 heteroatoms. The second-order valence-electron chi connectivity index (χ2n) is 5.70. The van der Waals surface area contributed by atoms with E-state index in [0.29, 0.717) is 6.61 Å². The second kappa shape index (κ2) is 5.90. The Balaban J connectivity index is 3.39. The summed E-state index contributed by atoms with van der Waals surface area (Å²) in [6, 6.07) is 0. The molecule has 1 aliphatic heterocycles. The van der Waals surface area contributed by atoms with Gasteiger partial charge in [-0.05, 0) is 11.8 Å². The molecule has 19 heavy (non-hydrogen) atoms. The molecule has 110 valence electrons. The van der Waals surface area contributed by atoms with E-state index in [4.69, 9.17) is 14.2 Å². The summed E-state index contributed by atoms with van der Waals surface area (Å²) in [5, 5.41) is 0. The van der Waals surface area contributed by atoms with Crippen LogP contribution in [0.15, 0.2) is 0 Å². The number of ether oxygens (including phenoxy) is 3. The van der Waals surface area contributed by atoms with E-state index < -0.39 is 23.5 Å². The fraction of sp³-hybridized carbons (Fsp3) is 0.857. The summed E-state index contributed by atoms with van der Waals surface area (Å²) in [6.07, 6.45) is -0.514. The molecule has 0 aliphatic carbocycles. The smallest absolute Gasteiger partial charge is 0.326 e. The number of esters is 2. The number of methoxy groups -OCH3 is 2. The van der Waals surface area contributed by atoms with Crippen LogP contribution in [-0.2, 0) is 23.8 Å². The minimum absolute atomic E-state index is 0.0157. The van der Waals surface area contributed by atoms with Crippen LogP contribution in [0.2, 0.25) is 0 Å². The molecule has 5 nitrogen and oxygen atoms in total. The van der Waals surface area contributed by atoms with Gasteiger partial charge >= 0.3 is 11.9 Å². The van der Waals surface area contributed by atoms with Crippen LogP contribution < -0.4 is 0 Å². The van der Waals surface area contributed by atoms with E-state index >= 15 is 0 Å². The van der Waals surface area contributed by atoms with Crippen LogP contribution >= 0.6 is 0 Å². The molecule has 0 aromatic rings. The van der Waals surface area contributed by atoms with Crippen molar-refractivity contribution < 1.29 is 23.8 Å². The SMILES string of the molecule is COC(=O)C1(C(=O)OC)[C@@H](C(C)C)CO[C@H]1C(C)C. The highest BCUT2D eigenvalue weighted by molar-refractivity contribution is 6.01. The van der Waals surface area contributed by atoms with Crippen molar-refractivity contribution in [2.24, 2.45) is 23.2 Å². The van der Waals surface area contributed by atoms with Crippen LogP contribution in [0.5, 0.6) is 0 Å². The average molecular weight is 272 g/mol. The van der Waals surface area contributed by atoms with Gasteiger partial charge in [0.15, 0.2) is 5.41 Å². The first-order valence-corrected chi connectivity index (χ1v) is 6.62.